The average molecular weight is 434 g/mol. The van der Waals surface area contributed by atoms with Gasteiger partial charge in [-0.05, 0) is 24.7 Å². The number of anilines is 2. The Balaban J connectivity index is 1.82. The smallest absolute Gasteiger partial charge is 0.330 e. The van der Waals surface area contributed by atoms with Crippen LogP contribution < -0.4 is 21.9 Å². The first kappa shape index (κ1) is 23.1. The summed E-state index contributed by atoms with van der Waals surface area (Å²) < 4.78 is 1.29. The molecule has 2 amide bonds. The van der Waals surface area contributed by atoms with Gasteiger partial charge in [0.2, 0.25) is 11.8 Å². The van der Waals surface area contributed by atoms with Crippen LogP contribution in [0.1, 0.15) is 59.3 Å². The molecule has 0 aromatic carbocycles. The fraction of sp³-hybridized carbons (Fsp3) is 0.727. The van der Waals surface area contributed by atoms with E-state index in [0.29, 0.717) is 24.9 Å². The Morgan fingerprint density at radius 1 is 1.23 bits per heavy atom. The molecule has 4 atom stereocenters. The highest BCUT2D eigenvalue weighted by Gasteiger charge is 2.42. The van der Waals surface area contributed by atoms with E-state index in [1.54, 1.807) is 0 Å². The number of nitrogens with two attached hydrogens (primary N) is 1. The number of carbonyl (C=O) groups excluding carboxylic acids is 2. The minimum Gasteiger partial charge on any atom is -0.383 e. The number of aromatic nitrogens is 2. The average Bonchev–Trinajstić information content (AvgIpc) is 3.10. The lowest BCUT2D eigenvalue weighted by atomic mass is 9.77. The van der Waals surface area contributed by atoms with Gasteiger partial charge in [-0.15, -0.1) is 0 Å². The van der Waals surface area contributed by atoms with Crippen molar-refractivity contribution in [3.63, 3.8) is 0 Å². The number of amides is 2. The summed E-state index contributed by atoms with van der Waals surface area (Å²) in [4.78, 5) is 56.0. The van der Waals surface area contributed by atoms with Gasteiger partial charge in [0.05, 0.1) is 5.92 Å². The number of hydrogen-bond acceptors (Lipinski definition) is 5. The third-order valence-electron chi connectivity index (χ3n) is 7.19. The van der Waals surface area contributed by atoms with E-state index in [1.165, 1.54) is 22.9 Å². The lowest BCUT2D eigenvalue weighted by molar-refractivity contribution is -0.132. The van der Waals surface area contributed by atoms with Crippen molar-refractivity contribution in [3.05, 3.63) is 20.8 Å². The molecule has 1 saturated heterocycles. The second-order valence-corrected chi connectivity index (χ2v) is 9.18. The number of H-pyrrole nitrogens is 1. The molecule has 1 aromatic heterocycles. The lowest BCUT2D eigenvalue weighted by Crippen LogP contribution is -2.46. The van der Waals surface area contributed by atoms with Crippen molar-refractivity contribution in [2.75, 3.05) is 24.2 Å². The number of carbonyl (C=O) groups is 2. The van der Waals surface area contributed by atoms with Gasteiger partial charge in [0.25, 0.3) is 5.56 Å². The first-order valence-corrected chi connectivity index (χ1v) is 11.4. The highest BCUT2D eigenvalue weighted by atomic mass is 16.2. The van der Waals surface area contributed by atoms with Crippen molar-refractivity contribution in [2.45, 2.75) is 71.9 Å². The Bertz CT molecular complexity index is 952. The summed E-state index contributed by atoms with van der Waals surface area (Å²) in [6.45, 7) is 7.11. The van der Waals surface area contributed by atoms with Crippen LogP contribution in [0.15, 0.2) is 9.59 Å². The summed E-state index contributed by atoms with van der Waals surface area (Å²) in [5.74, 6) is 0.0554. The molecule has 3 N–H and O–H groups in total. The van der Waals surface area contributed by atoms with Crippen LogP contribution in [0.4, 0.5) is 11.5 Å². The molecule has 1 aliphatic carbocycles. The van der Waals surface area contributed by atoms with E-state index in [2.05, 4.69) is 18.8 Å². The molecule has 31 heavy (non-hydrogen) atoms. The van der Waals surface area contributed by atoms with E-state index in [-0.39, 0.29) is 35.8 Å². The minimum atomic E-state index is -0.693. The van der Waals surface area contributed by atoms with Crippen molar-refractivity contribution in [1.29, 1.82) is 0 Å². The molecule has 1 aromatic rings. The van der Waals surface area contributed by atoms with Crippen molar-refractivity contribution in [1.82, 2.24) is 14.5 Å². The summed E-state index contributed by atoms with van der Waals surface area (Å²) in [7, 11) is 1.48. The molecule has 2 heterocycles. The van der Waals surface area contributed by atoms with E-state index in [4.69, 9.17) is 5.73 Å². The van der Waals surface area contributed by atoms with Crippen LogP contribution in [0.5, 0.6) is 0 Å². The second kappa shape index (κ2) is 9.28. The number of nitrogen functional groups attached to an aromatic ring is 1. The summed E-state index contributed by atoms with van der Waals surface area (Å²) in [5, 5.41) is 0. The number of aromatic amines is 1. The molecule has 2 aliphatic rings. The zero-order chi connectivity index (χ0) is 22.9. The molecule has 2 fully saturated rings. The largest absolute Gasteiger partial charge is 0.383 e. The van der Waals surface area contributed by atoms with E-state index >= 15 is 0 Å². The van der Waals surface area contributed by atoms with Crippen LogP contribution in [0.25, 0.3) is 0 Å². The van der Waals surface area contributed by atoms with E-state index in [9.17, 15) is 19.2 Å². The van der Waals surface area contributed by atoms with E-state index in [0.717, 1.165) is 25.7 Å². The first-order valence-electron chi connectivity index (χ1n) is 11.4. The van der Waals surface area contributed by atoms with Crippen LogP contribution in [0.3, 0.4) is 0 Å². The fourth-order valence-corrected chi connectivity index (χ4v) is 5.04. The molecule has 172 valence electrons. The normalized spacial score (nSPS) is 26.3. The predicted molar refractivity (Wildman–Crippen MR) is 120 cm³/mol. The SMILES string of the molecule is CCCCn1c(N)c(N(C)C(=O)[C@@H]2CC(=O)N([C@@H]3CCC[C@@H](C)[C@@H]3C)C2)c(=O)[nH]c1=O. The molecule has 0 unspecified atom stereocenters. The zero-order valence-corrected chi connectivity index (χ0v) is 19.0. The van der Waals surface area contributed by atoms with Gasteiger partial charge in [0, 0.05) is 32.6 Å². The van der Waals surface area contributed by atoms with Crippen LogP contribution in [0.2, 0.25) is 0 Å². The first-order chi connectivity index (χ1) is 14.7. The van der Waals surface area contributed by atoms with E-state index < -0.39 is 17.2 Å². The van der Waals surface area contributed by atoms with Crippen LogP contribution >= 0.6 is 0 Å². The number of likely N-dealkylation sites (tertiary alicyclic amines) is 1. The molecule has 0 bridgehead atoms. The maximum absolute atomic E-state index is 13.2. The van der Waals surface area contributed by atoms with Gasteiger partial charge in [0.1, 0.15) is 5.82 Å². The Kier molecular flexibility index (Phi) is 6.91. The van der Waals surface area contributed by atoms with Gasteiger partial charge in [-0.1, -0.05) is 40.0 Å². The minimum absolute atomic E-state index is 0.00695. The molecule has 1 aliphatic heterocycles. The molecule has 3 rings (SSSR count). The molecule has 0 spiro atoms. The van der Waals surface area contributed by atoms with Crippen molar-refractivity contribution in [3.8, 4) is 0 Å². The van der Waals surface area contributed by atoms with Crippen LogP contribution in [0, 0.1) is 17.8 Å². The monoisotopic (exact) mass is 433 g/mol. The Hall–Kier alpha value is -2.58. The molecular weight excluding hydrogens is 398 g/mol. The lowest BCUT2D eigenvalue weighted by Gasteiger charge is -2.40. The van der Waals surface area contributed by atoms with E-state index in [1.807, 2.05) is 11.8 Å². The number of rotatable bonds is 6. The highest BCUT2D eigenvalue weighted by molar-refractivity contribution is 6.00. The zero-order valence-electron chi connectivity index (χ0n) is 19.0. The number of unbranched alkanes of at least 4 members (excludes halogenated alkanes) is 1. The summed E-state index contributed by atoms with van der Waals surface area (Å²) in [6, 6.07) is 0.156. The van der Waals surface area contributed by atoms with Gasteiger partial charge in [-0.2, -0.15) is 0 Å². The maximum Gasteiger partial charge on any atom is 0.330 e. The Morgan fingerprint density at radius 2 is 1.94 bits per heavy atom. The molecule has 9 heteroatoms. The standard InChI is InChI=1S/C22H35N5O4/c1-5-6-10-26-19(23)18(20(29)24-22(26)31)25(4)21(30)15-11-17(28)27(12-15)16-9-7-8-13(2)14(16)3/h13-16H,5-12,23H2,1-4H3,(H,24,29,31)/t13-,14+,15-,16-/m1/s1. The van der Waals surface area contributed by atoms with Crippen LogP contribution in [-0.2, 0) is 16.1 Å². The summed E-state index contributed by atoms with van der Waals surface area (Å²) in [5.41, 5.74) is 4.83. The molecule has 0 radical (unpaired) electrons. The topological polar surface area (TPSA) is 121 Å². The van der Waals surface area contributed by atoms with Gasteiger partial charge in [-0.3, -0.25) is 23.9 Å². The van der Waals surface area contributed by atoms with Crippen LogP contribution in [-0.4, -0.2) is 45.9 Å². The highest BCUT2D eigenvalue weighted by Crippen LogP contribution is 2.36. The number of hydrogen-bond donors (Lipinski definition) is 2. The summed E-state index contributed by atoms with van der Waals surface area (Å²) in [6.07, 6.45) is 4.92. The second-order valence-electron chi connectivity index (χ2n) is 9.18. The van der Waals surface area contributed by atoms with Gasteiger partial charge in [-0.25, -0.2) is 4.79 Å². The molecule has 1 saturated carbocycles. The predicted octanol–water partition coefficient (Wildman–Crippen LogP) is 1.55. The van der Waals surface area contributed by atoms with Gasteiger partial charge < -0.3 is 15.5 Å². The fourth-order valence-electron chi connectivity index (χ4n) is 5.04. The van der Waals surface area contributed by atoms with Crippen molar-refractivity contribution in [2.24, 2.45) is 17.8 Å². The Labute approximate surface area is 182 Å². The quantitative estimate of drug-likeness (QED) is 0.705. The number of nitrogens with one attached hydrogen (secondary N) is 1. The van der Waals surface area contributed by atoms with Crippen molar-refractivity contribution < 1.29 is 9.59 Å². The maximum atomic E-state index is 13.2. The molecular formula is C22H35N5O4. The third kappa shape index (κ3) is 4.41. The summed E-state index contributed by atoms with van der Waals surface area (Å²) >= 11 is 0. The third-order valence-corrected chi connectivity index (χ3v) is 7.19. The Morgan fingerprint density at radius 3 is 2.61 bits per heavy atom. The van der Waals surface area contributed by atoms with Crippen molar-refractivity contribution >= 4 is 23.3 Å². The van der Waals surface area contributed by atoms with Gasteiger partial charge in [0.15, 0.2) is 5.69 Å². The molecule has 9 nitrogen and oxygen atoms in total. The van der Waals surface area contributed by atoms with Gasteiger partial charge >= 0.3 is 5.69 Å². The number of nitrogens with zero attached hydrogens (tertiary/aromatic N) is 3.